The average molecular weight is 230 g/mol. The van der Waals surface area contributed by atoms with Crippen LogP contribution < -0.4 is 4.72 Å². The van der Waals surface area contributed by atoms with Gasteiger partial charge in [-0.2, -0.15) is 0 Å². The Kier molecular flexibility index (Phi) is 6.67. The maximum Gasteiger partial charge on any atom is 0.213 e. The van der Waals surface area contributed by atoms with Gasteiger partial charge in [-0.1, -0.05) is 0 Å². The van der Waals surface area contributed by atoms with Gasteiger partial charge in [0.2, 0.25) is 10.0 Å². The molecule has 0 amide bonds. The maximum absolute atomic E-state index is 11.1. The van der Waals surface area contributed by atoms with Crippen molar-refractivity contribution in [1.82, 2.24) is 4.72 Å². The minimum Gasteiger partial charge on any atom is -0.384 e. The molecule has 80 valence electrons. The molecule has 0 spiro atoms. The Morgan fingerprint density at radius 2 is 2.15 bits per heavy atom. The van der Waals surface area contributed by atoms with Crippen LogP contribution in [0.3, 0.4) is 0 Å². The van der Waals surface area contributed by atoms with Gasteiger partial charge in [0.25, 0.3) is 0 Å². The fourth-order valence-corrected chi connectivity index (χ4v) is 1.75. The van der Waals surface area contributed by atoms with E-state index in [2.05, 4.69) is 9.46 Å². The highest BCUT2D eigenvalue weighted by molar-refractivity contribution is 7.89. The molecule has 0 bridgehead atoms. The number of methoxy groups -OCH3 is 1. The van der Waals surface area contributed by atoms with Gasteiger partial charge in [0.15, 0.2) is 0 Å². The largest absolute Gasteiger partial charge is 0.384 e. The van der Waals surface area contributed by atoms with E-state index in [1.165, 1.54) is 7.11 Å². The summed E-state index contributed by atoms with van der Waals surface area (Å²) in [4.78, 5) is 0. The monoisotopic (exact) mass is 229 g/mol. The fraction of sp³-hybridized carbons (Fsp3) is 1.00. The van der Waals surface area contributed by atoms with Gasteiger partial charge in [0.05, 0.1) is 12.4 Å². The normalized spacial score (nSPS) is 14.4. The maximum atomic E-state index is 11.1. The van der Waals surface area contributed by atoms with E-state index in [9.17, 15) is 8.42 Å². The molecule has 0 aliphatic rings. The van der Waals surface area contributed by atoms with Gasteiger partial charge in [-0.05, 0) is 13.3 Å². The molecule has 0 saturated carbocycles. The smallest absolute Gasteiger partial charge is 0.213 e. The Labute approximate surface area is 84.7 Å². The average Bonchev–Trinajstić information content (AvgIpc) is 2.00. The van der Waals surface area contributed by atoms with E-state index in [1.807, 2.05) is 6.92 Å². The van der Waals surface area contributed by atoms with E-state index in [0.717, 1.165) is 0 Å². The molecule has 0 aromatic carbocycles. The van der Waals surface area contributed by atoms with Crippen molar-refractivity contribution in [2.75, 3.05) is 26.0 Å². The van der Waals surface area contributed by atoms with Crippen molar-refractivity contribution in [3.05, 3.63) is 0 Å². The summed E-state index contributed by atoms with van der Waals surface area (Å²) in [5.41, 5.74) is 0. The molecule has 13 heavy (non-hydrogen) atoms. The summed E-state index contributed by atoms with van der Waals surface area (Å²) in [7, 11) is -1.70. The van der Waals surface area contributed by atoms with Crippen LogP contribution in [0, 0.1) is 0 Å². The molecule has 0 fully saturated rings. The zero-order valence-electron chi connectivity index (χ0n) is 7.92. The lowest BCUT2D eigenvalue weighted by molar-refractivity contribution is 0.217. The van der Waals surface area contributed by atoms with Crippen LogP contribution in [0.5, 0.6) is 0 Å². The van der Waals surface area contributed by atoms with Crippen LogP contribution in [0.1, 0.15) is 13.3 Å². The summed E-state index contributed by atoms with van der Waals surface area (Å²) in [6.45, 7) is 2.42. The molecule has 0 aliphatic heterocycles. The first-order chi connectivity index (χ1) is 5.98. The Morgan fingerprint density at radius 1 is 1.54 bits per heavy atom. The molecule has 0 radical (unpaired) electrons. The standard InChI is InChI=1S/C7H16ClNO3S/c1-7(8)3-4-9-13(10,11)6-5-12-2/h7,9H,3-6H2,1-2H3. The molecular weight excluding hydrogens is 214 g/mol. The second-order valence-electron chi connectivity index (χ2n) is 2.78. The predicted molar refractivity (Wildman–Crippen MR) is 53.6 cm³/mol. The zero-order valence-corrected chi connectivity index (χ0v) is 9.49. The lowest BCUT2D eigenvalue weighted by atomic mass is 10.3. The Hall–Kier alpha value is 0.160. The number of hydrogen-bond acceptors (Lipinski definition) is 3. The van der Waals surface area contributed by atoms with E-state index in [4.69, 9.17) is 11.6 Å². The van der Waals surface area contributed by atoms with Gasteiger partial charge in [0, 0.05) is 19.0 Å². The van der Waals surface area contributed by atoms with Gasteiger partial charge < -0.3 is 4.74 Å². The van der Waals surface area contributed by atoms with Crippen LogP contribution in [0.2, 0.25) is 0 Å². The van der Waals surface area contributed by atoms with E-state index in [-0.39, 0.29) is 17.7 Å². The minimum atomic E-state index is -3.17. The Morgan fingerprint density at radius 3 is 2.62 bits per heavy atom. The van der Waals surface area contributed by atoms with Crippen molar-refractivity contribution in [1.29, 1.82) is 0 Å². The third-order valence-electron chi connectivity index (χ3n) is 1.42. The molecule has 1 unspecified atom stereocenters. The van der Waals surface area contributed by atoms with Crippen molar-refractivity contribution in [3.8, 4) is 0 Å². The van der Waals surface area contributed by atoms with Crippen LogP contribution in [-0.2, 0) is 14.8 Å². The summed E-state index contributed by atoms with van der Waals surface area (Å²) in [6.07, 6.45) is 0.633. The summed E-state index contributed by atoms with van der Waals surface area (Å²) in [5, 5.41) is -0.00914. The second-order valence-corrected chi connectivity index (χ2v) is 5.45. The Balaban J connectivity index is 3.64. The molecular formula is C7H16ClNO3S. The van der Waals surface area contributed by atoms with Gasteiger partial charge >= 0.3 is 0 Å². The van der Waals surface area contributed by atoms with Gasteiger partial charge in [-0.15, -0.1) is 11.6 Å². The molecule has 0 rings (SSSR count). The lowest BCUT2D eigenvalue weighted by Crippen LogP contribution is -2.29. The number of ether oxygens (including phenoxy) is 1. The molecule has 6 heteroatoms. The van der Waals surface area contributed by atoms with Crippen molar-refractivity contribution >= 4 is 21.6 Å². The van der Waals surface area contributed by atoms with Crippen LogP contribution in [0.15, 0.2) is 0 Å². The van der Waals surface area contributed by atoms with E-state index >= 15 is 0 Å². The van der Waals surface area contributed by atoms with Gasteiger partial charge in [0.1, 0.15) is 0 Å². The third-order valence-corrected chi connectivity index (χ3v) is 2.99. The first-order valence-electron chi connectivity index (χ1n) is 4.08. The Bertz CT molecular complexity index is 216. The quantitative estimate of drug-likeness (QED) is 0.650. The highest BCUT2D eigenvalue weighted by atomic mass is 35.5. The fourth-order valence-electron chi connectivity index (χ4n) is 0.679. The lowest BCUT2D eigenvalue weighted by Gasteiger charge is -2.06. The number of rotatable bonds is 7. The first-order valence-corrected chi connectivity index (χ1v) is 6.17. The topological polar surface area (TPSA) is 55.4 Å². The molecule has 0 aromatic rings. The van der Waals surface area contributed by atoms with Gasteiger partial charge in [-0.3, -0.25) is 0 Å². The summed E-state index contributed by atoms with van der Waals surface area (Å²) in [6, 6.07) is 0. The van der Waals surface area contributed by atoms with Crippen LogP contribution in [0.25, 0.3) is 0 Å². The summed E-state index contributed by atoms with van der Waals surface area (Å²) < 4.78 is 29.4. The molecule has 4 nitrogen and oxygen atoms in total. The number of hydrogen-bond donors (Lipinski definition) is 1. The first kappa shape index (κ1) is 13.2. The predicted octanol–water partition coefficient (Wildman–Crippen LogP) is 0.570. The van der Waals surface area contributed by atoms with E-state index in [1.54, 1.807) is 0 Å². The van der Waals surface area contributed by atoms with Crippen LogP contribution >= 0.6 is 11.6 Å². The number of nitrogens with one attached hydrogen (secondary N) is 1. The van der Waals surface area contributed by atoms with E-state index in [0.29, 0.717) is 13.0 Å². The van der Waals surface area contributed by atoms with Gasteiger partial charge in [-0.25, -0.2) is 13.1 Å². The molecule has 0 aromatic heterocycles. The summed E-state index contributed by atoms with van der Waals surface area (Å²) in [5.74, 6) is 0.000165. The van der Waals surface area contributed by atoms with Crippen molar-refractivity contribution in [2.24, 2.45) is 0 Å². The number of halogens is 1. The highest BCUT2D eigenvalue weighted by Crippen LogP contribution is 1.98. The van der Waals surface area contributed by atoms with Crippen LogP contribution in [-0.4, -0.2) is 39.8 Å². The van der Waals surface area contributed by atoms with Crippen molar-refractivity contribution in [2.45, 2.75) is 18.7 Å². The molecule has 1 N–H and O–H groups in total. The third kappa shape index (κ3) is 8.49. The SMILES string of the molecule is COCCS(=O)(=O)NCCC(C)Cl. The van der Waals surface area contributed by atoms with Crippen LogP contribution in [0.4, 0.5) is 0 Å². The van der Waals surface area contributed by atoms with E-state index < -0.39 is 10.0 Å². The number of alkyl halides is 1. The molecule has 0 saturated heterocycles. The van der Waals surface area contributed by atoms with Crippen molar-refractivity contribution in [3.63, 3.8) is 0 Å². The van der Waals surface area contributed by atoms with Crippen molar-refractivity contribution < 1.29 is 13.2 Å². The number of sulfonamides is 1. The minimum absolute atomic E-state index is 0.000165. The second kappa shape index (κ2) is 6.59. The molecule has 0 aliphatic carbocycles. The molecule has 1 atom stereocenters. The highest BCUT2D eigenvalue weighted by Gasteiger charge is 2.08. The zero-order chi connectivity index (χ0) is 10.3. The summed E-state index contributed by atoms with van der Waals surface area (Å²) >= 11 is 5.65. The molecule has 0 heterocycles.